The zero-order chi connectivity index (χ0) is 17.7. The highest BCUT2D eigenvalue weighted by atomic mass is 32.2. The molecule has 128 valence electrons. The molecule has 24 heavy (non-hydrogen) atoms. The molecule has 0 aliphatic rings. The normalized spacial score (nSPS) is 11.5. The molecular formula is C16H16FNO5S. The molecule has 0 heterocycles. The second-order valence-corrected chi connectivity index (χ2v) is 6.91. The summed E-state index contributed by atoms with van der Waals surface area (Å²) in [5.74, 6) is -1.26. The molecule has 1 N–H and O–H groups in total. The molecule has 8 heteroatoms. The lowest BCUT2D eigenvalue weighted by molar-refractivity contribution is -0.137. The van der Waals surface area contributed by atoms with E-state index in [0.717, 1.165) is 4.31 Å². The Kier molecular flexibility index (Phi) is 5.53. The molecular weight excluding hydrogens is 337 g/mol. The molecule has 0 aliphatic heterocycles. The second-order valence-electron chi connectivity index (χ2n) is 4.97. The minimum absolute atomic E-state index is 0.0494. The Bertz CT molecular complexity index is 803. The van der Waals surface area contributed by atoms with Gasteiger partial charge in [-0.2, -0.15) is 4.31 Å². The molecule has 0 radical (unpaired) electrons. The number of halogens is 1. The number of hydrogen-bond acceptors (Lipinski definition) is 4. The van der Waals surface area contributed by atoms with Crippen molar-refractivity contribution >= 4 is 16.0 Å². The third-order valence-corrected chi connectivity index (χ3v) is 5.09. The van der Waals surface area contributed by atoms with E-state index in [9.17, 15) is 17.6 Å². The Morgan fingerprint density at radius 1 is 1.12 bits per heavy atom. The quantitative estimate of drug-likeness (QED) is 0.824. The van der Waals surface area contributed by atoms with Crippen LogP contribution in [0.15, 0.2) is 53.4 Å². The minimum atomic E-state index is -4.03. The van der Waals surface area contributed by atoms with Crippen LogP contribution in [0.3, 0.4) is 0 Å². The molecule has 0 spiro atoms. The van der Waals surface area contributed by atoms with Gasteiger partial charge >= 0.3 is 5.97 Å². The van der Waals surface area contributed by atoms with Crippen LogP contribution in [0, 0.1) is 5.82 Å². The number of aliphatic carboxylic acids is 1. The van der Waals surface area contributed by atoms with Crippen molar-refractivity contribution in [1.82, 2.24) is 4.31 Å². The number of nitrogens with zero attached hydrogens (tertiary/aromatic N) is 1. The van der Waals surface area contributed by atoms with Crippen LogP contribution in [-0.4, -0.2) is 37.5 Å². The summed E-state index contributed by atoms with van der Waals surface area (Å²) in [4.78, 5) is 11.0. The molecule has 0 aromatic heterocycles. The third kappa shape index (κ3) is 4.30. The fourth-order valence-electron chi connectivity index (χ4n) is 2.07. The Hall–Kier alpha value is -2.45. The first-order valence-corrected chi connectivity index (χ1v) is 8.37. The number of sulfonamides is 1. The Labute approximate surface area is 139 Å². The topological polar surface area (TPSA) is 83.9 Å². The molecule has 0 saturated heterocycles. The molecule has 0 aliphatic carbocycles. The summed E-state index contributed by atoms with van der Waals surface area (Å²) in [5, 5.41) is 9.01. The maximum atomic E-state index is 13.0. The van der Waals surface area contributed by atoms with Crippen LogP contribution in [0.5, 0.6) is 5.75 Å². The summed E-state index contributed by atoms with van der Waals surface area (Å²) >= 11 is 0. The van der Waals surface area contributed by atoms with Gasteiger partial charge in [0.2, 0.25) is 10.0 Å². The summed E-state index contributed by atoms with van der Waals surface area (Å²) in [5.41, 5.74) is 0.481. The molecule has 2 aromatic carbocycles. The van der Waals surface area contributed by atoms with Crippen LogP contribution in [0.2, 0.25) is 0 Å². The Morgan fingerprint density at radius 3 is 2.21 bits per heavy atom. The van der Waals surface area contributed by atoms with Gasteiger partial charge in [0.25, 0.3) is 0 Å². The zero-order valence-corrected chi connectivity index (χ0v) is 13.7. The number of carboxylic acids is 1. The van der Waals surface area contributed by atoms with Crippen molar-refractivity contribution in [3.05, 3.63) is 59.9 Å². The third-order valence-electron chi connectivity index (χ3n) is 3.28. The van der Waals surface area contributed by atoms with E-state index in [1.807, 2.05) is 0 Å². The summed E-state index contributed by atoms with van der Waals surface area (Å²) in [6.07, 6.45) is 0. The van der Waals surface area contributed by atoms with Gasteiger partial charge in [-0.3, -0.25) is 4.79 Å². The average molecular weight is 353 g/mol. The van der Waals surface area contributed by atoms with Gasteiger partial charge in [-0.05, 0) is 42.0 Å². The first-order chi connectivity index (χ1) is 11.3. The largest absolute Gasteiger partial charge is 0.497 e. The lowest BCUT2D eigenvalue weighted by atomic mass is 10.2. The maximum Gasteiger partial charge on any atom is 0.318 e. The number of rotatable bonds is 7. The van der Waals surface area contributed by atoms with E-state index in [2.05, 4.69) is 0 Å². The van der Waals surface area contributed by atoms with Crippen molar-refractivity contribution < 1.29 is 27.4 Å². The SMILES string of the molecule is COc1ccc(S(=O)(=O)N(CC(=O)O)Cc2ccc(F)cc2)cc1. The monoisotopic (exact) mass is 353 g/mol. The highest BCUT2D eigenvalue weighted by Crippen LogP contribution is 2.21. The molecule has 0 atom stereocenters. The molecule has 0 amide bonds. The van der Waals surface area contributed by atoms with Crippen molar-refractivity contribution in [3.63, 3.8) is 0 Å². The smallest absolute Gasteiger partial charge is 0.318 e. The molecule has 0 fully saturated rings. The number of carboxylic acid groups (broad SMARTS) is 1. The summed E-state index contributed by atoms with van der Waals surface area (Å²) in [6, 6.07) is 10.8. The van der Waals surface area contributed by atoms with Crippen LogP contribution in [0.4, 0.5) is 4.39 Å². The van der Waals surface area contributed by atoms with Gasteiger partial charge in [-0.1, -0.05) is 12.1 Å². The lowest BCUT2D eigenvalue weighted by Gasteiger charge is -2.20. The van der Waals surface area contributed by atoms with Crippen molar-refractivity contribution in [2.75, 3.05) is 13.7 Å². The maximum absolute atomic E-state index is 13.0. The predicted molar refractivity (Wildman–Crippen MR) is 84.6 cm³/mol. The van der Waals surface area contributed by atoms with Crippen molar-refractivity contribution in [3.8, 4) is 5.75 Å². The van der Waals surface area contributed by atoms with Crippen molar-refractivity contribution in [1.29, 1.82) is 0 Å². The molecule has 0 saturated carbocycles. The lowest BCUT2D eigenvalue weighted by Crippen LogP contribution is -2.35. The number of carbonyl (C=O) groups is 1. The van der Waals surface area contributed by atoms with Gasteiger partial charge in [0.05, 0.1) is 12.0 Å². The van der Waals surface area contributed by atoms with Crippen LogP contribution >= 0.6 is 0 Å². The van der Waals surface area contributed by atoms with E-state index in [-0.39, 0.29) is 11.4 Å². The van der Waals surface area contributed by atoms with E-state index in [1.54, 1.807) is 0 Å². The highest BCUT2D eigenvalue weighted by Gasteiger charge is 2.26. The Morgan fingerprint density at radius 2 is 1.71 bits per heavy atom. The standard InChI is InChI=1S/C16H16FNO5S/c1-23-14-6-8-15(9-7-14)24(21,22)18(11-16(19)20)10-12-2-4-13(17)5-3-12/h2-9H,10-11H2,1H3,(H,19,20). The number of ether oxygens (including phenoxy) is 1. The summed E-state index contributed by atoms with van der Waals surface area (Å²) < 4.78 is 44.1. The predicted octanol–water partition coefficient (Wildman–Crippen LogP) is 2.11. The van der Waals surface area contributed by atoms with Gasteiger partial charge in [-0.15, -0.1) is 0 Å². The number of methoxy groups -OCH3 is 1. The molecule has 2 rings (SSSR count). The van der Waals surface area contributed by atoms with Crippen LogP contribution in [0.1, 0.15) is 5.56 Å². The zero-order valence-electron chi connectivity index (χ0n) is 12.8. The fraction of sp³-hybridized carbons (Fsp3) is 0.188. The van der Waals surface area contributed by atoms with Crippen molar-refractivity contribution in [2.24, 2.45) is 0 Å². The van der Waals surface area contributed by atoms with Gasteiger partial charge in [0.1, 0.15) is 18.1 Å². The number of hydrogen-bond donors (Lipinski definition) is 1. The molecule has 6 nitrogen and oxygen atoms in total. The average Bonchev–Trinajstić information content (AvgIpc) is 2.56. The second kappa shape index (κ2) is 7.41. The molecule has 0 bridgehead atoms. The van der Waals surface area contributed by atoms with E-state index < -0.39 is 28.4 Å². The molecule has 0 unspecified atom stereocenters. The Balaban J connectivity index is 2.33. The van der Waals surface area contributed by atoms with Crippen molar-refractivity contribution in [2.45, 2.75) is 11.4 Å². The minimum Gasteiger partial charge on any atom is -0.497 e. The summed E-state index contributed by atoms with van der Waals surface area (Å²) in [7, 11) is -2.57. The van der Waals surface area contributed by atoms with Gasteiger partial charge in [0, 0.05) is 6.54 Å². The van der Waals surface area contributed by atoms with Crippen LogP contribution in [-0.2, 0) is 21.4 Å². The highest BCUT2D eigenvalue weighted by molar-refractivity contribution is 7.89. The van der Waals surface area contributed by atoms with Gasteiger partial charge in [0.15, 0.2) is 0 Å². The van der Waals surface area contributed by atoms with E-state index in [0.29, 0.717) is 11.3 Å². The first-order valence-electron chi connectivity index (χ1n) is 6.93. The first kappa shape index (κ1) is 17.9. The number of benzene rings is 2. The van der Waals surface area contributed by atoms with Gasteiger partial charge < -0.3 is 9.84 Å². The van der Waals surface area contributed by atoms with E-state index >= 15 is 0 Å². The van der Waals surface area contributed by atoms with E-state index in [4.69, 9.17) is 9.84 Å². The van der Waals surface area contributed by atoms with Crippen LogP contribution in [0.25, 0.3) is 0 Å². The molecule has 2 aromatic rings. The van der Waals surface area contributed by atoms with Gasteiger partial charge in [-0.25, -0.2) is 12.8 Å². The van der Waals surface area contributed by atoms with E-state index in [1.165, 1.54) is 55.6 Å². The van der Waals surface area contributed by atoms with Crippen LogP contribution < -0.4 is 4.74 Å². The fourth-order valence-corrected chi connectivity index (χ4v) is 3.44. The summed E-state index contributed by atoms with van der Waals surface area (Å²) in [6.45, 7) is -0.882.